The summed E-state index contributed by atoms with van der Waals surface area (Å²) in [6.45, 7) is 17.0. The summed E-state index contributed by atoms with van der Waals surface area (Å²) in [7, 11) is 6.39. The fraction of sp³-hybridized carbons (Fsp3) is 0.525. The predicted octanol–water partition coefficient (Wildman–Crippen LogP) is 12.8. The minimum absolute atomic E-state index is 0. The smallest absolute Gasteiger partial charge is 0.410 e. The average Bonchev–Trinajstić information content (AvgIpc) is 3.40. The Kier molecular flexibility index (Phi) is 29.0. The average molecular weight is 1150 g/mol. The molecule has 6 rings (SSSR count). The maximum absolute atomic E-state index is 14.0. The Hall–Kier alpha value is -5.49. The van der Waals surface area contributed by atoms with Crippen LogP contribution in [0.5, 0.6) is 23.0 Å². The van der Waals surface area contributed by atoms with Crippen molar-refractivity contribution in [2.45, 2.75) is 124 Å². The molecule has 16 nitrogen and oxygen atoms in total. The summed E-state index contributed by atoms with van der Waals surface area (Å²) >= 11 is 17.4. The van der Waals surface area contributed by atoms with Crippen LogP contribution in [0, 0.1) is 0 Å². The Bertz CT molecular complexity index is 2450. The normalized spacial score (nSPS) is 15.2. The van der Waals surface area contributed by atoms with Crippen LogP contribution in [-0.4, -0.2) is 142 Å². The van der Waals surface area contributed by atoms with Crippen LogP contribution in [-0.2, 0) is 32.0 Å². The van der Waals surface area contributed by atoms with E-state index in [2.05, 4.69) is 5.32 Å². The first-order valence-corrected chi connectivity index (χ1v) is 27.0. The first kappa shape index (κ1) is 66.8. The number of nitrogens with one attached hydrogen (secondary N) is 1. The third-order valence-electron chi connectivity index (χ3n) is 11.9. The maximum Gasteiger partial charge on any atom is 0.410 e. The lowest BCUT2D eigenvalue weighted by atomic mass is 10.0. The second kappa shape index (κ2) is 33.8. The van der Waals surface area contributed by atoms with Crippen LogP contribution in [0.3, 0.4) is 0 Å². The third kappa shape index (κ3) is 23.9. The lowest BCUT2D eigenvalue weighted by Gasteiger charge is -2.40. The van der Waals surface area contributed by atoms with Crippen molar-refractivity contribution in [3.05, 3.63) is 117 Å². The molecule has 2 aliphatic heterocycles. The van der Waals surface area contributed by atoms with Gasteiger partial charge in [0, 0.05) is 107 Å². The highest BCUT2D eigenvalue weighted by atomic mass is 35.5. The molecule has 4 aromatic carbocycles. The van der Waals surface area contributed by atoms with E-state index in [1.807, 2.05) is 95.0 Å². The second-order valence-electron chi connectivity index (χ2n) is 20.4. The number of benzene rings is 4. The largest absolute Gasteiger partial charge is 0.493 e. The Morgan fingerprint density at radius 2 is 1.06 bits per heavy atom. The van der Waals surface area contributed by atoms with Gasteiger partial charge in [-0.1, -0.05) is 54.9 Å². The van der Waals surface area contributed by atoms with Crippen molar-refractivity contribution in [2.24, 2.45) is 0 Å². The topological polar surface area (TPSA) is 164 Å². The van der Waals surface area contributed by atoms with E-state index in [9.17, 15) is 19.2 Å². The quantitative estimate of drug-likeness (QED) is 0.0657. The summed E-state index contributed by atoms with van der Waals surface area (Å²) in [5.41, 5.74) is 1.97. The molecule has 19 heteroatoms. The van der Waals surface area contributed by atoms with Gasteiger partial charge in [0.1, 0.15) is 11.2 Å². The first-order valence-electron chi connectivity index (χ1n) is 25.9. The highest BCUT2D eigenvalue weighted by Gasteiger charge is 2.34. The van der Waals surface area contributed by atoms with Crippen molar-refractivity contribution in [2.75, 3.05) is 81.0 Å². The molecule has 0 radical (unpaired) electrons. The second-order valence-corrected chi connectivity index (χ2v) is 21.7. The SMILES string of the molecule is C.CC(C)(C)OC(=O)N1CCC[C@@H](NCc2ccc(Cl)cc2)C1.COCCCOc1cc(C(=O)Cl)ccc1OC.COCCCOc1cc(C(=O)N(Cc2ccc(Cl)cc2)[C@@H]2CCCN(C(=O)OC(C)(C)C)C2)ccc1OC. The zero-order chi connectivity index (χ0) is 56.5. The summed E-state index contributed by atoms with van der Waals surface area (Å²) in [5, 5.41) is 4.37. The minimum Gasteiger partial charge on any atom is -0.493 e. The van der Waals surface area contributed by atoms with E-state index >= 15 is 0 Å². The Balaban J connectivity index is 0.000000338. The van der Waals surface area contributed by atoms with Gasteiger partial charge in [-0.2, -0.15) is 0 Å². The minimum atomic E-state index is -0.592. The number of hydrogen-bond donors (Lipinski definition) is 1. The number of amides is 3. The number of piperidine rings is 2. The van der Waals surface area contributed by atoms with Crippen LogP contribution in [0.15, 0.2) is 84.9 Å². The van der Waals surface area contributed by atoms with E-state index in [1.165, 1.54) is 5.56 Å². The number of hydrogen-bond acceptors (Lipinski definition) is 13. The van der Waals surface area contributed by atoms with E-state index in [4.69, 9.17) is 72.7 Å². The Labute approximate surface area is 478 Å². The molecule has 0 spiro atoms. The summed E-state index contributed by atoms with van der Waals surface area (Å²) in [5.74, 6) is 1.98. The van der Waals surface area contributed by atoms with E-state index in [1.54, 1.807) is 74.6 Å². The summed E-state index contributed by atoms with van der Waals surface area (Å²) in [4.78, 5) is 55.3. The molecular formula is C59H83Cl3N4O12. The number of carbonyl (C=O) groups is 4. The predicted molar refractivity (Wildman–Crippen MR) is 308 cm³/mol. The van der Waals surface area contributed by atoms with E-state index in [0.717, 1.165) is 55.8 Å². The van der Waals surface area contributed by atoms with Crippen molar-refractivity contribution >= 4 is 58.1 Å². The summed E-state index contributed by atoms with van der Waals surface area (Å²) in [6.07, 6.45) is 4.51. The molecule has 0 aromatic heterocycles. The van der Waals surface area contributed by atoms with Gasteiger partial charge in [-0.3, -0.25) is 9.59 Å². The molecule has 78 heavy (non-hydrogen) atoms. The lowest BCUT2D eigenvalue weighted by molar-refractivity contribution is 0.00958. The van der Waals surface area contributed by atoms with Crippen molar-refractivity contribution in [1.82, 2.24) is 20.0 Å². The third-order valence-corrected chi connectivity index (χ3v) is 12.6. The monoisotopic (exact) mass is 1140 g/mol. The van der Waals surface area contributed by atoms with E-state index in [0.29, 0.717) is 104 Å². The molecule has 432 valence electrons. The number of likely N-dealkylation sites (tertiary alicyclic amines) is 2. The molecule has 0 bridgehead atoms. The molecule has 0 saturated carbocycles. The van der Waals surface area contributed by atoms with E-state index < -0.39 is 16.4 Å². The molecule has 0 unspecified atom stereocenters. The fourth-order valence-electron chi connectivity index (χ4n) is 8.13. The maximum atomic E-state index is 14.0. The van der Waals surface area contributed by atoms with Gasteiger partial charge >= 0.3 is 12.2 Å². The molecule has 3 amide bonds. The summed E-state index contributed by atoms with van der Waals surface area (Å²) < 4.78 is 43.1. The van der Waals surface area contributed by atoms with Crippen molar-refractivity contribution in [1.29, 1.82) is 0 Å². The lowest BCUT2D eigenvalue weighted by Crippen LogP contribution is -2.52. The molecule has 1 N–H and O–H groups in total. The molecule has 2 heterocycles. The molecule has 4 aromatic rings. The van der Waals surface area contributed by atoms with Gasteiger partial charge in [0.05, 0.1) is 33.5 Å². The molecule has 2 fully saturated rings. The fourth-order valence-corrected chi connectivity index (χ4v) is 8.50. The van der Waals surface area contributed by atoms with Crippen molar-refractivity contribution in [3.63, 3.8) is 0 Å². The van der Waals surface area contributed by atoms with Crippen LogP contribution in [0.25, 0.3) is 0 Å². The van der Waals surface area contributed by atoms with Gasteiger partial charge in [-0.25, -0.2) is 9.59 Å². The highest BCUT2D eigenvalue weighted by molar-refractivity contribution is 6.67. The van der Waals surface area contributed by atoms with Crippen LogP contribution < -0.4 is 24.3 Å². The number of nitrogens with zero attached hydrogens (tertiary/aromatic N) is 3. The number of halogens is 3. The van der Waals surface area contributed by atoms with Gasteiger partial charge < -0.3 is 57.9 Å². The van der Waals surface area contributed by atoms with Gasteiger partial charge in [-0.15, -0.1) is 0 Å². The molecule has 2 aliphatic rings. The van der Waals surface area contributed by atoms with Gasteiger partial charge in [-0.05, 0) is 151 Å². The number of rotatable bonds is 20. The van der Waals surface area contributed by atoms with Crippen LogP contribution in [0.4, 0.5) is 9.59 Å². The Morgan fingerprint density at radius 1 is 0.603 bits per heavy atom. The van der Waals surface area contributed by atoms with Crippen LogP contribution >= 0.6 is 34.8 Å². The summed E-state index contributed by atoms with van der Waals surface area (Å²) in [6, 6.07) is 25.4. The van der Waals surface area contributed by atoms with Crippen molar-refractivity contribution < 1.29 is 57.1 Å². The standard InChI is InChI=1S/C29H39ClN2O6.C17H25ClN2O2.C12H15ClO4.CH4/c1-29(2,3)38-28(34)31-15-6-8-24(20-31)32(19-21-9-12-23(30)13-10-21)27(33)22-11-14-25(36-5)26(18-22)37-17-7-16-35-4;1-17(2,3)22-16(21)20-10-4-5-15(12-20)19-11-13-6-8-14(18)9-7-13;1-15-6-3-7-17-11-8-9(12(13)14)4-5-10(11)16-2;/h9-14,18,24H,6-8,15-17,19-20H2,1-5H3;6-9,15,19H,4-5,10-12H2,1-3H3;4-5,8H,3,6-7H2,1-2H3;1H4/t24-;15-;;/m11../s1. The molecule has 0 aliphatic carbocycles. The van der Waals surface area contributed by atoms with Gasteiger partial charge in [0.25, 0.3) is 11.1 Å². The van der Waals surface area contributed by atoms with Crippen LogP contribution in [0.2, 0.25) is 10.0 Å². The zero-order valence-corrected chi connectivity index (χ0v) is 48.7. The number of methoxy groups -OCH3 is 4. The van der Waals surface area contributed by atoms with Crippen LogP contribution in [0.1, 0.15) is 119 Å². The Morgan fingerprint density at radius 3 is 1.54 bits per heavy atom. The van der Waals surface area contributed by atoms with Gasteiger partial charge in [0.2, 0.25) is 0 Å². The highest BCUT2D eigenvalue weighted by Crippen LogP contribution is 2.32. The number of carbonyl (C=O) groups excluding carboxylic acids is 4. The molecule has 2 saturated heterocycles. The number of ether oxygens (including phenoxy) is 8. The molecular weight excluding hydrogens is 1060 g/mol. The van der Waals surface area contributed by atoms with Crippen molar-refractivity contribution in [3.8, 4) is 23.0 Å². The first-order chi connectivity index (χ1) is 36.6. The zero-order valence-electron chi connectivity index (χ0n) is 46.4. The van der Waals surface area contributed by atoms with Gasteiger partial charge in [0.15, 0.2) is 23.0 Å². The molecule has 2 atom stereocenters. The van der Waals surface area contributed by atoms with E-state index in [-0.39, 0.29) is 31.6 Å².